The first-order valence-corrected chi connectivity index (χ1v) is 7.48. The average Bonchev–Trinajstić information content (AvgIpc) is 2.47. The Balaban J connectivity index is 2.44. The molecule has 0 aromatic carbocycles. The van der Waals surface area contributed by atoms with Crippen LogP contribution in [0.1, 0.15) is 40.0 Å². The van der Waals surface area contributed by atoms with Gasteiger partial charge in [-0.2, -0.15) is 0 Å². The van der Waals surface area contributed by atoms with Crippen molar-refractivity contribution in [2.75, 3.05) is 20.3 Å². The molecule has 0 saturated heterocycles. The highest BCUT2D eigenvalue weighted by molar-refractivity contribution is 8.03. The molecule has 1 heterocycles. The van der Waals surface area contributed by atoms with E-state index in [1.165, 1.54) is 29.7 Å². The summed E-state index contributed by atoms with van der Waals surface area (Å²) < 4.78 is 5.07. The van der Waals surface area contributed by atoms with E-state index in [1.807, 2.05) is 11.8 Å². The van der Waals surface area contributed by atoms with Gasteiger partial charge >= 0.3 is 0 Å². The van der Waals surface area contributed by atoms with Crippen molar-refractivity contribution in [2.24, 2.45) is 0 Å². The van der Waals surface area contributed by atoms with Crippen LogP contribution in [0.5, 0.6) is 0 Å². The Hall–Kier alpha value is -0.320. The Morgan fingerprint density at radius 2 is 2.28 bits per heavy atom. The van der Waals surface area contributed by atoms with Crippen LogP contribution < -0.4 is 5.32 Å². The lowest BCUT2D eigenvalue weighted by Crippen LogP contribution is -2.42. The molecule has 0 aliphatic carbocycles. The van der Waals surface area contributed by atoms with Gasteiger partial charge in [-0.25, -0.2) is 0 Å². The van der Waals surface area contributed by atoms with Gasteiger partial charge in [0.1, 0.15) is 5.78 Å². The number of carbonyl (C=O) groups excluding carboxylic acids is 1. The van der Waals surface area contributed by atoms with Gasteiger partial charge in [-0.05, 0) is 44.9 Å². The van der Waals surface area contributed by atoms with E-state index in [-0.39, 0.29) is 11.8 Å². The molecule has 2 atom stereocenters. The predicted molar refractivity (Wildman–Crippen MR) is 78.0 cm³/mol. The highest BCUT2D eigenvalue weighted by Gasteiger charge is 2.19. The molecule has 1 rings (SSSR count). The fourth-order valence-corrected chi connectivity index (χ4v) is 3.35. The molecule has 0 aromatic rings. The van der Waals surface area contributed by atoms with Gasteiger partial charge in [-0.3, -0.25) is 4.79 Å². The molecule has 1 N–H and O–H groups in total. The molecule has 0 fully saturated rings. The number of hydrogen-bond donors (Lipinski definition) is 1. The lowest BCUT2D eigenvalue weighted by atomic mass is 10.1. The van der Waals surface area contributed by atoms with Crippen molar-refractivity contribution in [1.29, 1.82) is 0 Å². The molecule has 0 saturated carbocycles. The highest BCUT2D eigenvalue weighted by atomic mass is 32.2. The van der Waals surface area contributed by atoms with Crippen molar-refractivity contribution >= 4 is 17.5 Å². The van der Waals surface area contributed by atoms with Crippen LogP contribution in [0.25, 0.3) is 0 Å². The minimum absolute atomic E-state index is 0.152. The minimum Gasteiger partial charge on any atom is -0.383 e. The van der Waals surface area contributed by atoms with E-state index in [4.69, 9.17) is 4.74 Å². The van der Waals surface area contributed by atoms with E-state index < -0.39 is 0 Å². The number of carbonyl (C=O) groups is 1. The average molecular weight is 271 g/mol. The van der Waals surface area contributed by atoms with Crippen molar-refractivity contribution in [3.05, 3.63) is 10.5 Å². The molecular formula is C14H25NO2S. The molecule has 4 heteroatoms. The maximum Gasteiger partial charge on any atom is 0.149 e. The topological polar surface area (TPSA) is 38.3 Å². The standard InChI is InChI=1S/C14H25NO2S/c1-10-6-5-7-13(18-12(10)3)8-15-14(9-17-4)11(2)16/h13-15H,5-9H2,1-4H3. The van der Waals surface area contributed by atoms with Crippen LogP contribution in [0.15, 0.2) is 10.5 Å². The molecule has 0 aromatic heterocycles. The highest BCUT2D eigenvalue weighted by Crippen LogP contribution is 2.32. The minimum atomic E-state index is -0.163. The molecule has 2 unspecified atom stereocenters. The van der Waals surface area contributed by atoms with Crippen molar-refractivity contribution < 1.29 is 9.53 Å². The molecule has 0 radical (unpaired) electrons. The summed E-state index contributed by atoms with van der Waals surface area (Å²) in [4.78, 5) is 12.9. The number of thioether (sulfide) groups is 1. The number of ketones is 1. The summed E-state index contributed by atoms with van der Waals surface area (Å²) in [5, 5.41) is 3.91. The summed E-state index contributed by atoms with van der Waals surface area (Å²) in [6, 6.07) is -0.163. The largest absolute Gasteiger partial charge is 0.383 e. The number of methoxy groups -OCH3 is 1. The molecule has 104 valence electrons. The van der Waals surface area contributed by atoms with E-state index in [0.717, 1.165) is 6.54 Å². The third kappa shape index (κ3) is 5.12. The van der Waals surface area contributed by atoms with Crippen molar-refractivity contribution in [3.63, 3.8) is 0 Å². The molecular weight excluding hydrogens is 246 g/mol. The first kappa shape index (κ1) is 15.7. The summed E-state index contributed by atoms with van der Waals surface area (Å²) in [7, 11) is 1.63. The summed E-state index contributed by atoms with van der Waals surface area (Å²) >= 11 is 1.95. The first-order chi connectivity index (χ1) is 8.54. The fourth-order valence-electron chi connectivity index (χ4n) is 2.08. The zero-order chi connectivity index (χ0) is 13.5. The third-order valence-corrected chi connectivity index (χ3v) is 4.88. The Morgan fingerprint density at radius 3 is 2.89 bits per heavy atom. The van der Waals surface area contributed by atoms with Gasteiger partial charge in [-0.1, -0.05) is 5.57 Å². The number of allylic oxidation sites excluding steroid dienone is 2. The lowest BCUT2D eigenvalue weighted by Gasteiger charge is -2.20. The normalized spacial score (nSPS) is 22.8. The van der Waals surface area contributed by atoms with Crippen LogP contribution in [0.2, 0.25) is 0 Å². The van der Waals surface area contributed by atoms with Gasteiger partial charge in [0.05, 0.1) is 12.6 Å². The van der Waals surface area contributed by atoms with Crippen molar-refractivity contribution in [2.45, 2.75) is 51.3 Å². The van der Waals surface area contributed by atoms with Gasteiger partial charge in [0.15, 0.2) is 0 Å². The number of nitrogens with one attached hydrogen (secondary N) is 1. The second-order valence-corrected chi connectivity index (χ2v) is 6.51. The monoisotopic (exact) mass is 271 g/mol. The van der Waals surface area contributed by atoms with Gasteiger partial charge in [0.2, 0.25) is 0 Å². The molecule has 18 heavy (non-hydrogen) atoms. The van der Waals surface area contributed by atoms with Crippen LogP contribution >= 0.6 is 11.8 Å². The van der Waals surface area contributed by atoms with Crippen LogP contribution in [0.4, 0.5) is 0 Å². The van der Waals surface area contributed by atoms with Gasteiger partial charge in [0, 0.05) is 18.9 Å². The zero-order valence-corrected chi connectivity index (χ0v) is 12.7. The number of rotatable bonds is 6. The van der Waals surface area contributed by atoms with Crippen molar-refractivity contribution in [3.8, 4) is 0 Å². The second kappa shape index (κ2) is 7.97. The second-order valence-electron chi connectivity index (χ2n) is 5.00. The quantitative estimate of drug-likeness (QED) is 0.806. The summed E-state index contributed by atoms with van der Waals surface area (Å²) in [6.07, 6.45) is 3.67. The molecule has 0 amide bonds. The number of hydrogen-bond acceptors (Lipinski definition) is 4. The summed E-state index contributed by atoms with van der Waals surface area (Å²) in [5.41, 5.74) is 1.52. The van der Waals surface area contributed by atoms with E-state index in [2.05, 4.69) is 19.2 Å². The van der Waals surface area contributed by atoms with Crippen LogP contribution in [0, 0.1) is 0 Å². The van der Waals surface area contributed by atoms with Crippen molar-refractivity contribution in [1.82, 2.24) is 5.32 Å². The van der Waals surface area contributed by atoms with E-state index in [9.17, 15) is 4.79 Å². The number of ether oxygens (including phenoxy) is 1. The molecule has 0 spiro atoms. The Kier molecular flexibility index (Phi) is 6.97. The van der Waals surface area contributed by atoms with Crippen LogP contribution in [-0.2, 0) is 9.53 Å². The van der Waals surface area contributed by atoms with Gasteiger partial charge in [-0.15, -0.1) is 11.8 Å². The fraction of sp³-hybridized carbons (Fsp3) is 0.786. The van der Waals surface area contributed by atoms with E-state index in [1.54, 1.807) is 14.0 Å². The molecule has 3 nitrogen and oxygen atoms in total. The summed E-state index contributed by atoms with van der Waals surface area (Å²) in [5.74, 6) is 0.152. The number of Topliss-reactive ketones (excluding diaryl/α,β-unsaturated/α-hetero) is 1. The van der Waals surface area contributed by atoms with E-state index in [0.29, 0.717) is 11.9 Å². The molecule has 0 bridgehead atoms. The zero-order valence-electron chi connectivity index (χ0n) is 11.9. The third-order valence-electron chi connectivity index (χ3n) is 3.44. The Morgan fingerprint density at radius 1 is 1.56 bits per heavy atom. The smallest absolute Gasteiger partial charge is 0.149 e. The van der Waals surface area contributed by atoms with Gasteiger partial charge < -0.3 is 10.1 Å². The first-order valence-electron chi connectivity index (χ1n) is 6.60. The Bertz CT molecular complexity index is 315. The van der Waals surface area contributed by atoms with E-state index >= 15 is 0 Å². The maximum atomic E-state index is 11.4. The lowest BCUT2D eigenvalue weighted by molar-refractivity contribution is -0.120. The van der Waals surface area contributed by atoms with Gasteiger partial charge in [0.25, 0.3) is 0 Å². The van der Waals surface area contributed by atoms with Crippen LogP contribution in [0.3, 0.4) is 0 Å². The maximum absolute atomic E-state index is 11.4. The predicted octanol–water partition coefficient (Wildman–Crippen LogP) is 2.76. The molecule has 1 aliphatic heterocycles. The summed E-state index contributed by atoms with van der Waals surface area (Å²) in [6.45, 7) is 7.38. The molecule has 1 aliphatic rings. The SMILES string of the molecule is COCC(NCC1CCCC(C)=C(C)S1)C(C)=O. The van der Waals surface area contributed by atoms with Crippen LogP contribution in [-0.4, -0.2) is 37.3 Å². The Labute approximate surface area is 115 Å².